The van der Waals surface area contributed by atoms with Crippen molar-refractivity contribution in [3.8, 4) is 11.1 Å². The molecule has 1 saturated heterocycles. The van der Waals surface area contributed by atoms with Gasteiger partial charge in [-0.2, -0.15) is 0 Å². The Kier molecular flexibility index (Phi) is 4.08. The quantitative estimate of drug-likeness (QED) is 0.610. The number of aromatic nitrogens is 4. The molecule has 2 atom stereocenters. The van der Waals surface area contributed by atoms with E-state index in [0.717, 1.165) is 35.2 Å². The Morgan fingerprint density at radius 2 is 1.76 bits per heavy atom. The zero-order valence-corrected chi connectivity index (χ0v) is 18.5. The smallest absolute Gasteiger partial charge is 0.416 e. The van der Waals surface area contributed by atoms with Crippen molar-refractivity contribution >= 4 is 29.3 Å². The molecule has 1 aliphatic carbocycles. The second-order valence-corrected chi connectivity index (χ2v) is 9.19. The molecule has 0 bridgehead atoms. The zero-order chi connectivity index (χ0) is 22.9. The molecule has 0 spiro atoms. The molecule has 1 aromatic carbocycles. The van der Waals surface area contributed by atoms with Gasteiger partial charge in [0.1, 0.15) is 11.9 Å². The number of rotatable bonds is 3. The van der Waals surface area contributed by atoms with Gasteiger partial charge in [0.25, 0.3) is 0 Å². The third-order valence-electron chi connectivity index (χ3n) is 6.81. The molecular weight excluding hydrogens is 420 g/mol. The van der Waals surface area contributed by atoms with Crippen LogP contribution in [-0.4, -0.2) is 44.1 Å². The summed E-state index contributed by atoms with van der Waals surface area (Å²) in [5.41, 5.74) is 2.65. The standard InChI is InChI=1S/C24H22N6O3/c1-13-26-9-15(10-27-13)14-4-5-16-18(8-14)29(22(31)24(16,2)3)20-11-25-12-21(28-20)30-17-6-7-19(17)33-23(30)32/h4-5,8-12,17,19H,6-7H2,1-3H3. The van der Waals surface area contributed by atoms with E-state index in [0.29, 0.717) is 17.5 Å². The number of fused-ring (bicyclic) bond motifs is 2. The summed E-state index contributed by atoms with van der Waals surface area (Å²) in [6, 6.07) is 5.88. The van der Waals surface area contributed by atoms with Crippen molar-refractivity contribution in [2.75, 3.05) is 9.80 Å². The molecule has 9 nitrogen and oxygen atoms in total. The maximum absolute atomic E-state index is 13.5. The molecule has 2 amide bonds. The molecule has 4 heterocycles. The first-order valence-electron chi connectivity index (χ1n) is 10.9. The summed E-state index contributed by atoms with van der Waals surface area (Å²) in [4.78, 5) is 46.6. The van der Waals surface area contributed by atoms with Crippen LogP contribution in [0, 0.1) is 6.92 Å². The fourth-order valence-electron chi connectivity index (χ4n) is 4.74. The van der Waals surface area contributed by atoms with Crippen molar-refractivity contribution in [1.82, 2.24) is 19.9 Å². The first kappa shape index (κ1) is 19.8. The van der Waals surface area contributed by atoms with Crippen molar-refractivity contribution in [3.63, 3.8) is 0 Å². The van der Waals surface area contributed by atoms with Crippen LogP contribution in [0.15, 0.2) is 43.0 Å². The van der Waals surface area contributed by atoms with E-state index in [4.69, 9.17) is 4.74 Å². The van der Waals surface area contributed by atoms with Crippen molar-refractivity contribution in [1.29, 1.82) is 0 Å². The highest BCUT2D eigenvalue weighted by Gasteiger charge is 2.50. The molecule has 9 heteroatoms. The van der Waals surface area contributed by atoms with E-state index in [-0.39, 0.29) is 18.1 Å². The number of carbonyl (C=O) groups is 2. The van der Waals surface area contributed by atoms with E-state index in [2.05, 4.69) is 19.9 Å². The number of ether oxygens (including phenoxy) is 1. The molecule has 2 fully saturated rings. The Morgan fingerprint density at radius 3 is 2.45 bits per heavy atom. The average Bonchev–Trinajstić information content (AvgIpc) is 3.14. The topological polar surface area (TPSA) is 101 Å². The van der Waals surface area contributed by atoms with Gasteiger partial charge < -0.3 is 4.74 Å². The SMILES string of the molecule is Cc1ncc(-c2ccc3c(c2)N(c2cncc(N4C(=O)OC5CCC54)n2)C(=O)C3(C)C)cn1. The van der Waals surface area contributed by atoms with Crippen molar-refractivity contribution in [2.45, 2.75) is 51.2 Å². The van der Waals surface area contributed by atoms with Gasteiger partial charge in [0, 0.05) is 18.0 Å². The largest absolute Gasteiger partial charge is 0.444 e. The molecule has 3 aromatic rings. The molecule has 2 unspecified atom stereocenters. The summed E-state index contributed by atoms with van der Waals surface area (Å²) in [5, 5.41) is 0. The lowest BCUT2D eigenvalue weighted by molar-refractivity contribution is -0.121. The number of carbonyl (C=O) groups excluding carboxylic acids is 2. The lowest BCUT2D eigenvalue weighted by atomic mass is 9.85. The number of hydrogen-bond donors (Lipinski definition) is 0. The molecule has 2 aromatic heterocycles. The molecule has 0 N–H and O–H groups in total. The Bertz CT molecular complexity index is 1310. The van der Waals surface area contributed by atoms with Gasteiger partial charge in [0.05, 0.1) is 29.5 Å². The van der Waals surface area contributed by atoms with Crippen LogP contribution >= 0.6 is 0 Å². The van der Waals surface area contributed by atoms with E-state index < -0.39 is 11.5 Å². The maximum atomic E-state index is 13.5. The molecule has 1 saturated carbocycles. The van der Waals surface area contributed by atoms with Crippen molar-refractivity contribution in [3.05, 3.63) is 54.4 Å². The molecule has 3 aliphatic rings. The van der Waals surface area contributed by atoms with Crippen LogP contribution in [0.2, 0.25) is 0 Å². The van der Waals surface area contributed by atoms with Crippen molar-refractivity contribution < 1.29 is 14.3 Å². The molecule has 33 heavy (non-hydrogen) atoms. The van der Waals surface area contributed by atoms with Gasteiger partial charge in [-0.15, -0.1) is 0 Å². The summed E-state index contributed by atoms with van der Waals surface area (Å²) in [5.74, 6) is 1.36. The van der Waals surface area contributed by atoms with E-state index in [9.17, 15) is 9.59 Å². The van der Waals surface area contributed by atoms with Crippen LogP contribution in [0.4, 0.5) is 22.1 Å². The lowest BCUT2D eigenvalue weighted by Crippen LogP contribution is -2.44. The van der Waals surface area contributed by atoms with Crippen LogP contribution in [-0.2, 0) is 14.9 Å². The van der Waals surface area contributed by atoms with Crippen molar-refractivity contribution in [2.24, 2.45) is 0 Å². The van der Waals surface area contributed by atoms with Gasteiger partial charge in [0.15, 0.2) is 11.6 Å². The Hall–Kier alpha value is -3.88. The monoisotopic (exact) mass is 442 g/mol. The number of aryl methyl sites for hydroxylation is 1. The Labute approximate surface area is 190 Å². The first-order chi connectivity index (χ1) is 15.8. The van der Waals surface area contributed by atoms with E-state index >= 15 is 0 Å². The number of benzene rings is 1. The highest BCUT2D eigenvalue weighted by atomic mass is 16.6. The second-order valence-electron chi connectivity index (χ2n) is 9.19. The van der Waals surface area contributed by atoms with Gasteiger partial charge in [-0.1, -0.05) is 12.1 Å². The number of anilines is 3. The van der Waals surface area contributed by atoms with Gasteiger partial charge >= 0.3 is 6.09 Å². The zero-order valence-electron chi connectivity index (χ0n) is 18.5. The summed E-state index contributed by atoms with van der Waals surface area (Å²) in [6.07, 6.45) is 7.85. The van der Waals surface area contributed by atoms with E-state index in [1.807, 2.05) is 39.0 Å². The normalized spacial score (nSPS) is 22.6. The van der Waals surface area contributed by atoms with Gasteiger partial charge in [-0.3, -0.25) is 19.6 Å². The molecule has 2 aliphatic heterocycles. The first-order valence-corrected chi connectivity index (χ1v) is 10.9. The van der Waals surface area contributed by atoms with Gasteiger partial charge in [-0.25, -0.2) is 19.7 Å². The summed E-state index contributed by atoms with van der Waals surface area (Å²) >= 11 is 0. The predicted molar refractivity (Wildman–Crippen MR) is 120 cm³/mol. The maximum Gasteiger partial charge on any atom is 0.416 e. The lowest BCUT2D eigenvalue weighted by Gasteiger charge is -2.31. The van der Waals surface area contributed by atoms with E-state index in [1.165, 1.54) is 6.20 Å². The number of nitrogens with zero attached hydrogens (tertiary/aromatic N) is 6. The van der Waals surface area contributed by atoms with Gasteiger partial charge in [0.2, 0.25) is 5.91 Å². The summed E-state index contributed by atoms with van der Waals surface area (Å²) < 4.78 is 5.40. The predicted octanol–water partition coefficient (Wildman–Crippen LogP) is 3.69. The third kappa shape index (κ3) is 2.84. The summed E-state index contributed by atoms with van der Waals surface area (Å²) in [6.45, 7) is 5.64. The van der Waals surface area contributed by atoms with Crippen LogP contribution in [0.5, 0.6) is 0 Å². The van der Waals surface area contributed by atoms with Crippen LogP contribution in [0.25, 0.3) is 11.1 Å². The Balaban J connectivity index is 1.44. The van der Waals surface area contributed by atoms with Crippen LogP contribution in [0.1, 0.15) is 38.1 Å². The minimum absolute atomic E-state index is 0.0202. The molecular formula is C24H22N6O3. The molecule has 0 radical (unpaired) electrons. The fraction of sp³-hybridized carbons (Fsp3) is 0.333. The second kappa shape index (κ2) is 6.81. The minimum atomic E-state index is -0.735. The fourth-order valence-corrected chi connectivity index (χ4v) is 4.74. The average molecular weight is 442 g/mol. The van der Waals surface area contributed by atoms with Crippen LogP contribution in [0.3, 0.4) is 0 Å². The highest BCUT2D eigenvalue weighted by Crippen LogP contribution is 2.46. The minimum Gasteiger partial charge on any atom is -0.444 e. The number of amides is 2. The Morgan fingerprint density at radius 1 is 1.00 bits per heavy atom. The summed E-state index contributed by atoms with van der Waals surface area (Å²) in [7, 11) is 0. The molecule has 6 rings (SSSR count). The van der Waals surface area contributed by atoms with Crippen LogP contribution < -0.4 is 9.80 Å². The molecule has 166 valence electrons. The highest BCUT2D eigenvalue weighted by molar-refractivity contribution is 6.12. The van der Waals surface area contributed by atoms with E-state index in [1.54, 1.807) is 28.4 Å². The van der Waals surface area contributed by atoms with Gasteiger partial charge in [-0.05, 0) is 50.8 Å². The number of hydrogen-bond acceptors (Lipinski definition) is 7. The third-order valence-corrected chi connectivity index (χ3v) is 6.81.